The van der Waals surface area contributed by atoms with Crippen LogP contribution in [0.25, 0.3) is 0 Å². The number of fused-ring (bicyclic) bond motifs is 3. The number of ether oxygens (including phenoxy) is 1. The Morgan fingerprint density at radius 3 is 2.37 bits per heavy atom. The predicted molar refractivity (Wildman–Crippen MR) is 117 cm³/mol. The number of hydrogen-bond donors (Lipinski definition) is 1. The van der Waals surface area contributed by atoms with E-state index in [0.29, 0.717) is 31.6 Å². The van der Waals surface area contributed by atoms with Crippen LogP contribution in [-0.2, 0) is 29.2 Å². The molecule has 2 atom stereocenters. The molecule has 1 aromatic heterocycles. The average molecular weight is 488 g/mol. The first-order valence-corrected chi connectivity index (χ1v) is 11.8. The summed E-state index contributed by atoms with van der Waals surface area (Å²) < 4.78 is 33.6. The van der Waals surface area contributed by atoms with Gasteiger partial charge in [0.15, 0.2) is 5.69 Å². The van der Waals surface area contributed by atoms with Gasteiger partial charge in [0.25, 0.3) is 5.91 Å². The number of piperidine rings is 2. The van der Waals surface area contributed by atoms with Crippen molar-refractivity contribution in [2.75, 3.05) is 6.54 Å². The summed E-state index contributed by atoms with van der Waals surface area (Å²) in [5.74, 6) is -2.92. The second-order valence-corrected chi connectivity index (χ2v) is 9.46. The number of nitrogens with zero attached hydrogens (tertiary/aromatic N) is 4. The zero-order valence-electron chi connectivity index (χ0n) is 19.0. The third-order valence-corrected chi connectivity index (χ3v) is 7.12. The van der Waals surface area contributed by atoms with Crippen LogP contribution in [0.3, 0.4) is 0 Å². The van der Waals surface area contributed by atoms with E-state index in [9.17, 15) is 28.3 Å². The number of amides is 2. The van der Waals surface area contributed by atoms with Crippen LogP contribution < -0.4 is 0 Å². The van der Waals surface area contributed by atoms with Gasteiger partial charge in [-0.2, -0.15) is 5.10 Å². The number of hydrogen-bond acceptors (Lipinski definition) is 5. The summed E-state index contributed by atoms with van der Waals surface area (Å²) in [4.78, 5) is 40.7. The Hall–Kier alpha value is -3.50. The number of carboxylic acid groups (broad SMARTS) is 1. The van der Waals surface area contributed by atoms with Gasteiger partial charge in [-0.3, -0.25) is 14.3 Å². The molecule has 35 heavy (non-hydrogen) atoms. The number of rotatable bonds is 4. The van der Waals surface area contributed by atoms with Gasteiger partial charge in [0, 0.05) is 24.7 Å². The molecule has 9 nitrogen and oxygen atoms in total. The zero-order valence-corrected chi connectivity index (χ0v) is 19.0. The van der Waals surface area contributed by atoms with Crippen molar-refractivity contribution in [1.29, 1.82) is 0 Å². The second-order valence-electron chi connectivity index (χ2n) is 9.46. The van der Waals surface area contributed by atoms with E-state index >= 15 is 0 Å². The van der Waals surface area contributed by atoms with Gasteiger partial charge in [0.2, 0.25) is 0 Å². The van der Waals surface area contributed by atoms with E-state index in [2.05, 4.69) is 5.10 Å². The first kappa shape index (κ1) is 23.3. The summed E-state index contributed by atoms with van der Waals surface area (Å²) in [5, 5.41) is 13.9. The highest BCUT2D eigenvalue weighted by Crippen LogP contribution is 2.38. The Bertz CT molecular complexity index is 1130. The van der Waals surface area contributed by atoms with Crippen LogP contribution in [0.5, 0.6) is 0 Å². The molecule has 2 fully saturated rings. The lowest BCUT2D eigenvalue weighted by Crippen LogP contribution is -2.55. The minimum Gasteiger partial charge on any atom is -0.481 e. The first-order chi connectivity index (χ1) is 16.8. The molecule has 3 aliphatic heterocycles. The third-order valence-electron chi connectivity index (χ3n) is 7.12. The number of halogens is 2. The lowest BCUT2D eigenvalue weighted by molar-refractivity contribution is -0.145. The highest BCUT2D eigenvalue weighted by Gasteiger charge is 2.44. The Labute approximate surface area is 200 Å². The minimum atomic E-state index is -0.805. The van der Waals surface area contributed by atoms with Gasteiger partial charge in [0.1, 0.15) is 18.2 Å². The average Bonchev–Trinajstić information content (AvgIpc) is 3.24. The monoisotopic (exact) mass is 488 g/mol. The predicted octanol–water partition coefficient (Wildman–Crippen LogP) is 3.17. The van der Waals surface area contributed by atoms with Crippen molar-refractivity contribution in [3.05, 3.63) is 52.9 Å². The van der Waals surface area contributed by atoms with Crippen molar-refractivity contribution in [2.24, 2.45) is 5.92 Å². The Kier molecular flexibility index (Phi) is 6.16. The number of carbonyl (C=O) groups excluding carboxylic acids is 2. The van der Waals surface area contributed by atoms with Crippen molar-refractivity contribution in [3.8, 4) is 0 Å². The molecule has 2 bridgehead atoms. The lowest BCUT2D eigenvalue weighted by atomic mass is 9.78. The molecular formula is C24H26F2N4O5. The van der Waals surface area contributed by atoms with E-state index in [-0.39, 0.29) is 42.4 Å². The Morgan fingerprint density at radius 2 is 1.71 bits per heavy atom. The molecule has 0 radical (unpaired) electrons. The van der Waals surface area contributed by atoms with Crippen molar-refractivity contribution < 1.29 is 33.0 Å². The number of carboxylic acids is 1. The molecule has 2 unspecified atom stereocenters. The fourth-order valence-electron chi connectivity index (χ4n) is 5.50. The van der Waals surface area contributed by atoms with Crippen molar-refractivity contribution in [3.63, 3.8) is 0 Å². The highest BCUT2D eigenvalue weighted by atomic mass is 19.1. The first-order valence-electron chi connectivity index (χ1n) is 11.8. The molecule has 186 valence electrons. The fourth-order valence-corrected chi connectivity index (χ4v) is 5.50. The van der Waals surface area contributed by atoms with E-state index in [1.54, 1.807) is 10.7 Å². The second kappa shape index (κ2) is 9.27. The van der Waals surface area contributed by atoms with Gasteiger partial charge in [-0.25, -0.2) is 13.6 Å². The van der Waals surface area contributed by atoms with Crippen LogP contribution in [0.2, 0.25) is 0 Å². The van der Waals surface area contributed by atoms with Crippen LogP contribution in [0.1, 0.15) is 53.8 Å². The molecule has 1 N–H and O–H groups in total. The van der Waals surface area contributed by atoms with Crippen molar-refractivity contribution >= 4 is 18.0 Å². The number of aliphatic carboxylic acids is 1. The summed E-state index contributed by atoms with van der Waals surface area (Å²) >= 11 is 0. The molecule has 2 aromatic rings. The maximum atomic E-state index is 13.4. The van der Waals surface area contributed by atoms with Crippen LogP contribution in [0.15, 0.2) is 24.3 Å². The number of benzene rings is 1. The molecule has 5 rings (SSSR count). The summed E-state index contributed by atoms with van der Waals surface area (Å²) in [7, 11) is 0. The standard InChI is InChI=1S/C24H26F2N4O5/c25-16-6-14(7-17(26)10-16)13-35-24(34)28-4-5-29-20(12-28)11-21(27-29)22(31)30-18-2-1-3-19(30)9-15(8-18)23(32)33/h6-7,10-11,15,18-19H,1-5,8-9,12-13H2,(H,32,33). The maximum absolute atomic E-state index is 13.4. The van der Waals surface area contributed by atoms with Gasteiger partial charge < -0.3 is 19.6 Å². The largest absolute Gasteiger partial charge is 0.481 e. The molecule has 2 amide bonds. The van der Waals surface area contributed by atoms with Crippen molar-refractivity contribution in [1.82, 2.24) is 19.6 Å². The van der Waals surface area contributed by atoms with Gasteiger partial charge >= 0.3 is 12.1 Å². The lowest BCUT2D eigenvalue weighted by Gasteiger charge is -2.47. The third kappa shape index (κ3) is 4.71. The number of carbonyl (C=O) groups is 3. The molecule has 11 heteroatoms. The van der Waals surface area contributed by atoms with E-state index in [4.69, 9.17) is 4.74 Å². The molecular weight excluding hydrogens is 462 g/mol. The Balaban J connectivity index is 1.24. The Morgan fingerprint density at radius 1 is 1.03 bits per heavy atom. The fraction of sp³-hybridized carbons (Fsp3) is 0.500. The SMILES string of the molecule is O=C(O)C1CC2CCCC(C1)N2C(=O)c1cc2n(n1)CCN(C(=O)OCc1cc(F)cc(F)c1)C2. The van der Waals surface area contributed by atoms with Gasteiger partial charge in [-0.05, 0) is 55.9 Å². The summed E-state index contributed by atoms with van der Waals surface area (Å²) in [6.45, 7) is 0.612. The zero-order chi connectivity index (χ0) is 24.7. The molecule has 3 aliphatic rings. The van der Waals surface area contributed by atoms with Crippen LogP contribution >= 0.6 is 0 Å². The van der Waals surface area contributed by atoms with Gasteiger partial charge in [0.05, 0.1) is 24.7 Å². The van der Waals surface area contributed by atoms with E-state index in [0.717, 1.165) is 37.5 Å². The minimum absolute atomic E-state index is 0.103. The molecule has 0 spiro atoms. The molecule has 0 aliphatic carbocycles. The molecule has 2 saturated heterocycles. The molecule has 1 aromatic carbocycles. The summed E-state index contributed by atoms with van der Waals surface area (Å²) in [6, 6.07) is 4.42. The summed E-state index contributed by atoms with van der Waals surface area (Å²) in [5.41, 5.74) is 1.18. The normalized spacial score (nSPS) is 23.5. The topological polar surface area (TPSA) is 105 Å². The van der Waals surface area contributed by atoms with Crippen LogP contribution in [0, 0.1) is 17.6 Å². The van der Waals surface area contributed by atoms with E-state index in [1.165, 1.54) is 4.90 Å². The van der Waals surface area contributed by atoms with Gasteiger partial charge in [-0.15, -0.1) is 0 Å². The highest BCUT2D eigenvalue weighted by molar-refractivity contribution is 5.93. The number of aromatic nitrogens is 2. The molecule has 4 heterocycles. The van der Waals surface area contributed by atoms with E-state index < -0.39 is 29.6 Å². The maximum Gasteiger partial charge on any atom is 0.410 e. The smallest absolute Gasteiger partial charge is 0.410 e. The molecule has 0 saturated carbocycles. The van der Waals surface area contributed by atoms with Crippen molar-refractivity contribution in [2.45, 2.75) is 63.9 Å². The van der Waals surface area contributed by atoms with Crippen LogP contribution in [0.4, 0.5) is 13.6 Å². The summed E-state index contributed by atoms with van der Waals surface area (Å²) in [6.07, 6.45) is 2.84. The van der Waals surface area contributed by atoms with E-state index in [1.807, 2.05) is 4.90 Å². The van der Waals surface area contributed by atoms with Gasteiger partial charge in [-0.1, -0.05) is 0 Å². The quantitative estimate of drug-likeness (QED) is 0.709. The van der Waals surface area contributed by atoms with Crippen LogP contribution in [-0.4, -0.2) is 61.3 Å².